The number of aryl methyl sites for hydroxylation is 1. The van der Waals surface area contributed by atoms with Crippen molar-refractivity contribution in [1.82, 2.24) is 15.1 Å². The molecule has 0 radical (unpaired) electrons. The molecule has 2 rings (SSSR count). The number of hydrogen-bond acceptors (Lipinski definition) is 3. The summed E-state index contributed by atoms with van der Waals surface area (Å²) in [5, 5.41) is 9.38. The van der Waals surface area contributed by atoms with E-state index in [0.29, 0.717) is 16.4 Å². The van der Waals surface area contributed by atoms with Gasteiger partial charge in [-0.3, -0.25) is 9.48 Å². The van der Waals surface area contributed by atoms with Gasteiger partial charge in [-0.25, -0.2) is 0 Å². The van der Waals surface area contributed by atoms with E-state index < -0.39 is 0 Å². The second-order valence-corrected chi connectivity index (χ2v) is 5.48. The van der Waals surface area contributed by atoms with Crippen LogP contribution in [0.5, 0.6) is 0 Å². The van der Waals surface area contributed by atoms with Crippen LogP contribution in [0.25, 0.3) is 0 Å². The predicted molar refractivity (Wildman–Crippen MR) is 73.3 cm³/mol. The number of amides is 1. The van der Waals surface area contributed by atoms with E-state index in [2.05, 4.69) is 10.4 Å². The third-order valence-electron chi connectivity index (χ3n) is 2.56. The summed E-state index contributed by atoms with van der Waals surface area (Å²) in [5.41, 5.74) is 1.11. The Morgan fingerprint density at radius 3 is 3.00 bits per heavy atom. The maximum atomic E-state index is 11.9. The van der Waals surface area contributed by atoms with Crippen molar-refractivity contribution in [2.45, 2.75) is 19.9 Å². The first kappa shape index (κ1) is 13.1. The van der Waals surface area contributed by atoms with Crippen molar-refractivity contribution in [3.63, 3.8) is 0 Å². The Hall–Kier alpha value is -1.33. The Morgan fingerprint density at radius 1 is 1.67 bits per heavy atom. The van der Waals surface area contributed by atoms with Gasteiger partial charge in [0, 0.05) is 12.7 Å². The molecule has 4 nitrogen and oxygen atoms in total. The van der Waals surface area contributed by atoms with Gasteiger partial charge in [-0.05, 0) is 30.9 Å². The lowest BCUT2D eigenvalue weighted by Gasteiger charge is -2.12. The molecule has 0 saturated heterocycles. The number of thiophene rings is 1. The Kier molecular flexibility index (Phi) is 4.04. The van der Waals surface area contributed by atoms with E-state index in [1.165, 1.54) is 11.3 Å². The highest BCUT2D eigenvalue weighted by atomic mass is 35.5. The number of rotatable bonds is 4. The van der Waals surface area contributed by atoms with Crippen molar-refractivity contribution in [3.05, 3.63) is 39.3 Å². The van der Waals surface area contributed by atoms with Crippen LogP contribution in [-0.4, -0.2) is 22.2 Å². The molecule has 0 aliphatic rings. The van der Waals surface area contributed by atoms with Gasteiger partial charge in [0.25, 0.3) is 5.91 Å². The van der Waals surface area contributed by atoms with E-state index in [9.17, 15) is 4.79 Å². The summed E-state index contributed by atoms with van der Waals surface area (Å²) < 4.78 is 1.84. The minimum atomic E-state index is -0.134. The summed E-state index contributed by atoms with van der Waals surface area (Å²) in [6.45, 7) is 4.51. The second-order valence-electron chi connectivity index (χ2n) is 4.15. The van der Waals surface area contributed by atoms with E-state index in [4.69, 9.17) is 11.6 Å². The Morgan fingerprint density at radius 2 is 2.44 bits per heavy atom. The first-order chi connectivity index (χ1) is 8.58. The van der Waals surface area contributed by atoms with Crippen LogP contribution in [-0.2, 0) is 0 Å². The van der Waals surface area contributed by atoms with Crippen LogP contribution in [0, 0.1) is 6.92 Å². The van der Waals surface area contributed by atoms with Gasteiger partial charge in [-0.15, -0.1) is 11.3 Å². The average Bonchev–Trinajstić information content (AvgIpc) is 2.94. The van der Waals surface area contributed by atoms with Gasteiger partial charge in [-0.1, -0.05) is 11.6 Å². The van der Waals surface area contributed by atoms with E-state index >= 15 is 0 Å². The standard InChI is InChI=1S/C12H14ClN3OS/c1-8-5-15-16(7-8)9(2)6-14-12(17)11-10(13)3-4-18-11/h3-5,7,9H,6H2,1-2H3,(H,14,17)/t9-/m1/s1. The summed E-state index contributed by atoms with van der Waals surface area (Å²) in [5.74, 6) is -0.134. The van der Waals surface area contributed by atoms with Crippen LogP contribution in [0.2, 0.25) is 5.02 Å². The van der Waals surface area contributed by atoms with Gasteiger partial charge in [-0.2, -0.15) is 5.10 Å². The van der Waals surface area contributed by atoms with Crippen molar-refractivity contribution < 1.29 is 4.79 Å². The molecule has 1 amide bonds. The number of carbonyl (C=O) groups excluding carboxylic acids is 1. The van der Waals surface area contributed by atoms with E-state index in [-0.39, 0.29) is 11.9 Å². The van der Waals surface area contributed by atoms with E-state index in [1.807, 2.05) is 24.7 Å². The average molecular weight is 284 g/mol. The van der Waals surface area contributed by atoms with Crippen molar-refractivity contribution >= 4 is 28.8 Å². The highest BCUT2D eigenvalue weighted by Gasteiger charge is 2.13. The van der Waals surface area contributed by atoms with Gasteiger partial charge in [0.05, 0.1) is 17.3 Å². The first-order valence-corrected chi connectivity index (χ1v) is 6.85. The molecular weight excluding hydrogens is 270 g/mol. The van der Waals surface area contributed by atoms with Crippen LogP contribution in [0.15, 0.2) is 23.8 Å². The Balaban J connectivity index is 1.92. The maximum absolute atomic E-state index is 11.9. The SMILES string of the molecule is Cc1cnn([C@H](C)CNC(=O)c2sccc2Cl)c1. The quantitative estimate of drug-likeness (QED) is 0.938. The molecule has 6 heteroatoms. The lowest BCUT2D eigenvalue weighted by molar-refractivity contribution is 0.0952. The topological polar surface area (TPSA) is 46.9 Å². The van der Waals surface area contributed by atoms with Crippen LogP contribution < -0.4 is 5.32 Å². The summed E-state index contributed by atoms with van der Waals surface area (Å²) >= 11 is 7.25. The lowest BCUT2D eigenvalue weighted by atomic mass is 10.3. The molecule has 0 bridgehead atoms. The van der Waals surface area contributed by atoms with Crippen LogP contribution in [0.4, 0.5) is 0 Å². The maximum Gasteiger partial charge on any atom is 0.262 e. The largest absolute Gasteiger partial charge is 0.349 e. The molecule has 0 saturated carbocycles. The molecule has 2 aromatic heterocycles. The molecule has 0 fully saturated rings. The highest BCUT2D eigenvalue weighted by molar-refractivity contribution is 7.12. The van der Waals surface area contributed by atoms with Gasteiger partial charge in [0.2, 0.25) is 0 Å². The van der Waals surface area contributed by atoms with Crippen LogP contribution in [0.1, 0.15) is 28.2 Å². The molecule has 96 valence electrons. The summed E-state index contributed by atoms with van der Waals surface area (Å²) in [6, 6.07) is 1.84. The van der Waals surface area contributed by atoms with Gasteiger partial charge in [0.15, 0.2) is 0 Å². The van der Waals surface area contributed by atoms with Crippen molar-refractivity contribution in [2.24, 2.45) is 0 Å². The highest BCUT2D eigenvalue weighted by Crippen LogP contribution is 2.21. The fraction of sp³-hybridized carbons (Fsp3) is 0.333. The minimum absolute atomic E-state index is 0.112. The molecule has 0 aliphatic carbocycles. The number of halogens is 1. The fourth-order valence-electron chi connectivity index (χ4n) is 1.54. The van der Waals surface area contributed by atoms with Crippen molar-refractivity contribution in [3.8, 4) is 0 Å². The predicted octanol–water partition coefficient (Wildman–Crippen LogP) is 2.90. The van der Waals surface area contributed by atoms with Crippen molar-refractivity contribution in [1.29, 1.82) is 0 Å². The van der Waals surface area contributed by atoms with E-state index in [0.717, 1.165) is 5.56 Å². The van der Waals surface area contributed by atoms with Crippen molar-refractivity contribution in [2.75, 3.05) is 6.54 Å². The second kappa shape index (κ2) is 5.54. The molecule has 0 spiro atoms. The zero-order chi connectivity index (χ0) is 13.1. The third-order valence-corrected chi connectivity index (χ3v) is 3.90. The molecular formula is C12H14ClN3OS. The molecule has 1 atom stereocenters. The van der Waals surface area contributed by atoms with E-state index in [1.54, 1.807) is 17.6 Å². The summed E-state index contributed by atoms with van der Waals surface area (Å²) in [4.78, 5) is 12.4. The van der Waals surface area contributed by atoms with Gasteiger partial charge in [0.1, 0.15) is 4.88 Å². The third kappa shape index (κ3) is 2.91. The molecule has 1 N–H and O–H groups in total. The van der Waals surface area contributed by atoms with Gasteiger partial charge >= 0.3 is 0 Å². The minimum Gasteiger partial charge on any atom is -0.349 e. The number of hydrogen-bond donors (Lipinski definition) is 1. The number of aromatic nitrogens is 2. The Labute approximate surface area is 115 Å². The van der Waals surface area contributed by atoms with Gasteiger partial charge < -0.3 is 5.32 Å². The lowest BCUT2D eigenvalue weighted by Crippen LogP contribution is -2.29. The molecule has 2 aromatic rings. The fourth-order valence-corrected chi connectivity index (χ4v) is 2.60. The smallest absolute Gasteiger partial charge is 0.262 e. The van der Waals surface area contributed by atoms with Crippen LogP contribution >= 0.6 is 22.9 Å². The summed E-state index contributed by atoms with van der Waals surface area (Å²) in [7, 11) is 0. The molecule has 0 aromatic carbocycles. The summed E-state index contributed by atoms with van der Waals surface area (Å²) in [6.07, 6.45) is 3.75. The molecule has 0 unspecified atom stereocenters. The number of nitrogens with zero attached hydrogens (tertiary/aromatic N) is 2. The molecule has 18 heavy (non-hydrogen) atoms. The zero-order valence-electron chi connectivity index (χ0n) is 10.2. The number of nitrogens with one attached hydrogen (secondary N) is 1. The van der Waals surface area contributed by atoms with Crippen LogP contribution in [0.3, 0.4) is 0 Å². The number of carbonyl (C=O) groups is 1. The first-order valence-electron chi connectivity index (χ1n) is 5.60. The normalized spacial score (nSPS) is 12.4. The zero-order valence-corrected chi connectivity index (χ0v) is 11.8. The Bertz CT molecular complexity index is 549. The monoisotopic (exact) mass is 283 g/mol. The molecule has 0 aliphatic heterocycles. The molecule has 2 heterocycles.